The van der Waals surface area contributed by atoms with Crippen LogP contribution in [0, 0.1) is 0 Å². The largest absolute Gasteiger partial charge is 0.339 e. The molecular formula is C12H21N3OS. The second-order valence-corrected chi connectivity index (χ2v) is 5.83. The average molecular weight is 255 g/mol. The van der Waals surface area contributed by atoms with Crippen LogP contribution in [0.15, 0.2) is 4.52 Å². The predicted octanol–water partition coefficient (Wildman–Crippen LogP) is 2.70. The maximum atomic E-state index is 5.97. The zero-order valence-electron chi connectivity index (χ0n) is 10.4. The topological polar surface area (TPSA) is 64.9 Å². The first-order valence-electron chi connectivity index (χ1n) is 6.45. The van der Waals surface area contributed by atoms with Gasteiger partial charge in [0.1, 0.15) is 0 Å². The van der Waals surface area contributed by atoms with Gasteiger partial charge in [0.2, 0.25) is 5.89 Å². The summed E-state index contributed by atoms with van der Waals surface area (Å²) in [4.78, 5) is 4.49. The van der Waals surface area contributed by atoms with Gasteiger partial charge >= 0.3 is 0 Å². The van der Waals surface area contributed by atoms with E-state index in [4.69, 9.17) is 10.3 Å². The van der Waals surface area contributed by atoms with Gasteiger partial charge in [0, 0.05) is 12.0 Å². The molecule has 1 saturated carbocycles. The summed E-state index contributed by atoms with van der Waals surface area (Å²) in [5, 5.41) is 4.04. The zero-order chi connectivity index (χ0) is 12.1. The van der Waals surface area contributed by atoms with Gasteiger partial charge in [0.05, 0.1) is 5.75 Å². The normalized spacial score (nSPS) is 25.1. The molecule has 2 atom stereocenters. The Morgan fingerprint density at radius 2 is 2.35 bits per heavy atom. The van der Waals surface area contributed by atoms with Gasteiger partial charge in [-0.2, -0.15) is 16.7 Å². The standard InChI is InChI=1S/C12H21N3OS/c1-2-6-17-8-11-14-12(16-15-11)9-4-3-5-10(13)7-9/h9-10H,2-8,13H2,1H3. The summed E-state index contributed by atoms with van der Waals surface area (Å²) in [6, 6.07) is 0.304. The molecule has 2 unspecified atom stereocenters. The summed E-state index contributed by atoms with van der Waals surface area (Å²) < 4.78 is 5.35. The van der Waals surface area contributed by atoms with Gasteiger partial charge < -0.3 is 10.3 Å². The van der Waals surface area contributed by atoms with Gasteiger partial charge in [-0.1, -0.05) is 18.5 Å². The Hall–Kier alpha value is -0.550. The highest BCUT2D eigenvalue weighted by molar-refractivity contribution is 7.98. The van der Waals surface area contributed by atoms with Crippen molar-refractivity contribution in [3.05, 3.63) is 11.7 Å². The molecule has 2 N–H and O–H groups in total. The molecule has 2 rings (SSSR count). The Balaban J connectivity index is 1.88. The monoisotopic (exact) mass is 255 g/mol. The molecule has 1 heterocycles. The molecule has 0 radical (unpaired) electrons. The van der Waals surface area contributed by atoms with Crippen LogP contribution in [0.4, 0.5) is 0 Å². The molecule has 5 heteroatoms. The smallest absolute Gasteiger partial charge is 0.229 e. The molecule has 17 heavy (non-hydrogen) atoms. The van der Waals surface area contributed by atoms with E-state index in [9.17, 15) is 0 Å². The van der Waals surface area contributed by atoms with Crippen LogP contribution in [0.2, 0.25) is 0 Å². The number of rotatable bonds is 5. The molecule has 0 saturated heterocycles. The zero-order valence-corrected chi connectivity index (χ0v) is 11.2. The predicted molar refractivity (Wildman–Crippen MR) is 69.9 cm³/mol. The number of thioether (sulfide) groups is 1. The van der Waals surface area contributed by atoms with Crippen molar-refractivity contribution in [3.63, 3.8) is 0 Å². The first-order chi connectivity index (χ1) is 8.29. The van der Waals surface area contributed by atoms with Crippen LogP contribution in [0.5, 0.6) is 0 Å². The Morgan fingerprint density at radius 3 is 3.12 bits per heavy atom. The molecule has 1 aromatic heterocycles. The maximum absolute atomic E-state index is 5.97. The lowest BCUT2D eigenvalue weighted by Gasteiger charge is -2.23. The van der Waals surface area contributed by atoms with E-state index in [1.165, 1.54) is 12.8 Å². The van der Waals surface area contributed by atoms with Crippen molar-refractivity contribution in [1.82, 2.24) is 10.1 Å². The Bertz CT molecular complexity index is 342. The summed E-state index contributed by atoms with van der Waals surface area (Å²) in [7, 11) is 0. The second kappa shape index (κ2) is 6.40. The highest BCUT2D eigenvalue weighted by atomic mass is 32.2. The lowest BCUT2D eigenvalue weighted by atomic mass is 9.86. The van der Waals surface area contributed by atoms with Crippen molar-refractivity contribution in [2.45, 2.75) is 56.7 Å². The molecule has 1 aliphatic carbocycles. The molecular weight excluding hydrogens is 234 g/mol. The highest BCUT2D eigenvalue weighted by Crippen LogP contribution is 2.31. The first kappa shape index (κ1) is 12.9. The minimum atomic E-state index is 0.304. The number of aromatic nitrogens is 2. The number of nitrogens with two attached hydrogens (primary N) is 1. The molecule has 96 valence electrons. The minimum absolute atomic E-state index is 0.304. The fourth-order valence-corrected chi connectivity index (χ4v) is 2.98. The number of nitrogens with zero attached hydrogens (tertiary/aromatic N) is 2. The summed E-state index contributed by atoms with van der Waals surface area (Å²) in [5.41, 5.74) is 5.97. The number of hydrogen-bond acceptors (Lipinski definition) is 5. The van der Waals surface area contributed by atoms with Crippen molar-refractivity contribution in [3.8, 4) is 0 Å². The Kier molecular flexibility index (Phi) is 4.86. The summed E-state index contributed by atoms with van der Waals surface area (Å²) in [6.45, 7) is 2.18. The van der Waals surface area contributed by atoms with E-state index in [1.807, 2.05) is 11.8 Å². The lowest BCUT2D eigenvalue weighted by Crippen LogP contribution is -2.26. The van der Waals surface area contributed by atoms with E-state index in [-0.39, 0.29) is 0 Å². The molecule has 4 nitrogen and oxygen atoms in total. The van der Waals surface area contributed by atoms with Crippen LogP contribution in [-0.4, -0.2) is 21.9 Å². The summed E-state index contributed by atoms with van der Waals surface area (Å²) in [5.74, 6) is 4.02. The maximum Gasteiger partial charge on any atom is 0.229 e. The Morgan fingerprint density at radius 1 is 1.47 bits per heavy atom. The fourth-order valence-electron chi connectivity index (χ4n) is 2.25. The van der Waals surface area contributed by atoms with Crippen LogP contribution >= 0.6 is 11.8 Å². The molecule has 1 aromatic rings. The molecule has 1 fully saturated rings. The third kappa shape index (κ3) is 3.71. The van der Waals surface area contributed by atoms with Gasteiger partial charge in [0.25, 0.3) is 0 Å². The second-order valence-electron chi connectivity index (χ2n) is 4.73. The summed E-state index contributed by atoms with van der Waals surface area (Å²) >= 11 is 1.86. The average Bonchev–Trinajstić information content (AvgIpc) is 2.78. The van der Waals surface area contributed by atoms with E-state index < -0.39 is 0 Å². The van der Waals surface area contributed by atoms with Crippen molar-refractivity contribution >= 4 is 11.8 Å². The molecule has 0 bridgehead atoms. The van der Waals surface area contributed by atoms with Gasteiger partial charge in [-0.3, -0.25) is 0 Å². The third-order valence-electron chi connectivity index (χ3n) is 3.13. The van der Waals surface area contributed by atoms with E-state index >= 15 is 0 Å². The van der Waals surface area contributed by atoms with Crippen LogP contribution < -0.4 is 5.73 Å². The van der Waals surface area contributed by atoms with Crippen molar-refractivity contribution < 1.29 is 4.52 Å². The lowest BCUT2D eigenvalue weighted by molar-refractivity contribution is 0.297. The van der Waals surface area contributed by atoms with E-state index in [1.54, 1.807) is 0 Å². The quantitative estimate of drug-likeness (QED) is 0.819. The van der Waals surface area contributed by atoms with Gasteiger partial charge in [-0.25, -0.2) is 0 Å². The summed E-state index contributed by atoms with van der Waals surface area (Å²) in [6.07, 6.45) is 5.62. The van der Waals surface area contributed by atoms with Crippen LogP contribution in [-0.2, 0) is 5.75 Å². The van der Waals surface area contributed by atoms with E-state index in [0.717, 1.165) is 42.5 Å². The number of hydrogen-bond donors (Lipinski definition) is 1. The molecule has 0 aromatic carbocycles. The molecule has 1 aliphatic rings. The van der Waals surface area contributed by atoms with Gasteiger partial charge in [-0.05, 0) is 31.4 Å². The molecule has 0 spiro atoms. The van der Waals surface area contributed by atoms with Crippen molar-refractivity contribution in [2.75, 3.05) is 5.75 Å². The highest BCUT2D eigenvalue weighted by Gasteiger charge is 2.25. The van der Waals surface area contributed by atoms with E-state index in [2.05, 4.69) is 17.1 Å². The third-order valence-corrected chi connectivity index (χ3v) is 4.29. The van der Waals surface area contributed by atoms with Crippen LogP contribution in [0.1, 0.15) is 56.7 Å². The minimum Gasteiger partial charge on any atom is -0.339 e. The van der Waals surface area contributed by atoms with Crippen LogP contribution in [0.25, 0.3) is 0 Å². The van der Waals surface area contributed by atoms with Gasteiger partial charge in [0.15, 0.2) is 5.82 Å². The fraction of sp³-hybridized carbons (Fsp3) is 0.833. The van der Waals surface area contributed by atoms with E-state index in [0.29, 0.717) is 12.0 Å². The van der Waals surface area contributed by atoms with Gasteiger partial charge in [-0.15, -0.1) is 0 Å². The molecule has 0 aliphatic heterocycles. The molecule has 0 amide bonds. The Labute approximate surface area is 107 Å². The first-order valence-corrected chi connectivity index (χ1v) is 7.61. The van der Waals surface area contributed by atoms with Crippen molar-refractivity contribution in [1.29, 1.82) is 0 Å². The van der Waals surface area contributed by atoms with Crippen molar-refractivity contribution in [2.24, 2.45) is 5.73 Å². The SMILES string of the molecule is CCCSCc1noc(C2CCCC(N)C2)n1. The van der Waals surface area contributed by atoms with Crippen LogP contribution in [0.3, 0.4) is 0 Å².